The molecule has 1 aliphatic rings. The summed E-state index contributed by atoms with van der Waals surface area (Å²) < 4.78 is 0. The molecule has 0 saturated heterocycles. The molecule has 0 aromatic heterocycles. The van der Waals surface area contributed by atoms with Crippen molar-refractivity contribution in [2.24, 2.45) is 11.8 Å². The van der Waals surface area contributed by atoms with E-state index in [4.69, 9.17) is 5.11 Å². The molecule has 0 heterocycles. The van der Waals surface area contributed by atoms with Gasteiger partial charge in [-0.15, -0.1) is 0 Å². The highest BCUT2D eigenvalue weighted by Crippen LogP contribution is 2.28. The van der Waals surface area contributed by atoms with Gasteiger partial charge in [0.25, 0.3) is 0 Å². The lowest BCUT2D eigenvalue weighted by molar-refractivity contribution is 0.245. The van der Waals surface area contributed by atoms with Crippen LogP contribution in [-0.2, 0) is 0 Å². The van der Waals surface area contributed by atoms with E-state index in [2.05, 4.69) is 12.2 Å². The van der Waals surface area contributed by atoms with Gasteiger partial charge >= 0.3 is 0 Å². The van der Waals surface area contributed by atoms with E-state index in [1.54, 1.807) is 0 Å². The zero-order valence-electron chi connectivity index (χ0n) is 9.47. The van der Waals surface area contributed by atoms with Gasteiger partial charge in [-0.2, -0.15) is 0 Å². The largest absolute Gasteiger partial charge is 0.396 e. The van der Waals surface area contributed by atoms with Crippen molar-refractivity contribution in [2.75, 3.05) is 19.7 Å². The molecule has 1 fully saturated rings. The topological polar surface area (TPSA) is 32.3 Å². The van der Waals surface area contributed by atoms with Crippen LogP contribution in [-0.4, -0.2) is 24.8 Å². The molecule has 2 unspecified atom stereocenters. The van der Waals surface area contributed by atoms with Gasteiger partial charge in [0.15, 0.2) is 0 Å². The van der Waals surface area contributed by atoms with Crippen LogP contribution in [0, 0.1) is 11.8 Å². The van der Waals surface area contributed by atoms with Crippen molar-refractivity contribution in [1.29, 1.82) is 0 Å². The number of unbranched alkanes of at least 4 members (excludes halogenated alkanes) is 1. The summed E-state index contributed by atoms with van der Waals surface area (Å²) in [7, 11) is 0. The molecular formula is C12H25NO. The second-order valence-electron chi connectivity index (χ2n) is 4.66. The lowest BCUT2D eigenvalue weighted by Crippen LogP contribution is -2.29. The summed E-state index contributed by atoms with van der Waals surface area (Å²) in [6.45, 7) is 4.98. The third kappa shape index (κ3) is 4.43. The number of aliphatic hydroxyl groups is 1. The van der Waals surface area contributed by atoms with Crippen LogP contribution in [0.1, 0.15) is 45.4 Å². The predicted molar refractivity (Wildman–Crippen MR) is 60.3 cm³/mol. The van der Waals surface area contributed by atoms with E-state index in [1.165, 1.54) is 32.2 Å². The summed E-state index contributed by atoms with van der Waals surface area (Å²) in [6, 6.07) is 0. The van der Waals surface area contributed by atoms with E-state index >= 15 is 0 Å². The Hall–Kier alpha value is -0.0800. The van der Waals surface area contributed by atoms with E-state index in [9.17, 15) is 0 Å². The smallest absolute Gasteiger partial charge is 0.0431 e. The van der Waals surface area contributed by atoms with E-state index in [-0.39, 0.29) is 0 Å². The molecule has 84 valence electrons. The fourth-order valence-corrected chi connectivity index (χ4v) is 2.35. The third-order valence-electron chi connectivity index (χ3n) is 3.46. The van der Waals surface area contributed by atoms with Gasteiger partial charge in [0.2, 0.25) is 0 Å². The fraction of sp³-hybridized carbons (Fsp3) is 1.00. The molecule has 1 saturated carbocycles. The Labute approximate surface area is 88.1 Å². The Balaban J connectivity index is 1.99. The van der Waals surface area contributed by atoms with E-state index in [1.807, 2.05) is 0 Å². The predicted octanol–water partition coefficient (Wildman–Crippen LogP) is 2.17. The Kier molecular flexibility index (Phi) is 6.20. The van der Waals surface area contributed by atoms with Gasteiger partial charge in [-0.3, -0.25) is 0 Å². The van der Waals surface area contributed by atoms with Crippen LogP contribution in [0.5, 0.6) is 0 Å². The minimum Gasteiger partial charge on any atom is -0.396 e. The van der Waals surface area contributed by atoms with Crippen LogP contribution in [0.15, 0.2) is 0 Å². The second kappa shape index (κ2) is 7.24. The molecule has 0 spiro atoms. The summed E-state index contributed by atoms with van der Waals surface area (Å²) in [5.74, 6) is 1.81. The fourth-order valence-electron chi connectivity index (χ4n) is 2.35. The molecular weight excluding hydrogens is 174 g/mol. The minimum absolute atomic E-state index is 0.335. The van der Waals surface area contributed by atoms with Crippen molar-refractivity contribution in [3.63, 3.8) is 0 Å². The van der Waals surface area contributed by atoms with E-state index in [0.29, 0.717) is 6.61 Å². The molecule has 2 N–H and O–H groups in total. The lowest BCUT2D eigenvalue weighted by Gasteiger charge is -2.28. The molecule has 2 nitrogen and oxygen atoms in total. The van der Waals surface area contributed by atoms with Crippen molar-refractivity contribution in [2.45, 2.75) is 45.4 Å². The van der Waals surface area contributed by atoms with Crippen LogP contribution < -0.4 is 5.32 Å². The van der Waals surface area contributed by atoms with Crippen LogP contribution in [0.3, 0.4) is 0 Å². The number of nitrogens with one attached hydrogen (secondary N) is 1. The maximum Gasteiger partial charge on any atom is 0.0431 e. The molecule has 0 radical (unpaired) electrons. The summed E-state index contributed by atoms with van der Waals surface area (Å²) >= 11 is 0. The monoisotopic (exact) mass is 199 g/mol. The average Bonchev–Trinajstić information content (AvgIpc) is 2.20. The highest BCUT2D eigenvalue weighted by atomic mass is 16.2. The highest BCUT2D eigenvalue weighted by Gasteiger charge is 2.20. The molecule has 0 bridgehead atoms. The molecule has 0 amide bonds. The summed E-state index contributed by atoms with van der Waals surface area (Å²) in [5.41, 5.74) is 0. The first-order chi connectivity index (χ1) is 6.84. The number of hydrogen-bond acceptors (Lipinski definition) is 2. The minimum atomic E-state index is 0.335. The van der Waals surface area contributed by atoms with Crippen molar-refractivity contribution in [3.8, 4) is 0 Å². The van der Waals surface area contributed by atoms with Crippen LogP contribution >= 0.6 is 0 Å². The maximum absolute atomic E-state index is 8.63. The molecule has 14 heavy (non-hydrogen) atoms. The first-order valence-electron chi connectivity index (χ1n) is 6.16. The van der Waals surface area contributed by atoms with Gasteiger partial charge < -0.3 is 10.4 Å². The molecule has 2 atom stereocenters. The summed E-state index contributed by atoms with van der Waals surface area (Å²) in [6.07, 6.45) is 7.73. The zero-order valence-corrected chi connectivity index (χ0v) is 9.47. The molecule has 1 aliphatic carbocycles. The van der Waals surface area contributed by atoms with Gasteiger partial charge in [-0.05, 0) is 44.2 Å². The lowest BCUT2D eigenvalue weighted by atomic mass is 9.80. The Bertz CT molecular complexity index is 138. The van der Waals surface area contributed by atoms with Crippen molar-refractivity contribution < 1.29 is 5.11 Å². The average molecular weight is 199 g/mol. The quantitative estimate of drug-likeness (QED) is 0.643. The van der Waals surface area contributed by atoms with Crippen LogP contribution in [0.25, 0.3) is 0 Å². The molecule has 2 heteroatoms. The van der Waals surface area contributed by atoms with E-state index < -0.39 is 0 Å². The summed E-state index contributed by atoms with van der Waals surface area (Å²) in [4.78, 5) is 0. The van der Waals surface area contributed by atoms with Gasteiger partial charge in [0.05, 0.1) is 0 Å². The Morgan fingerprint density at radius 3 is 2.71 bits per heavy atom. The van der Waals surface area contributed by atoms with Crippen molar-refractivity contribution in [1.82, 2.24) is 5.32 Å². The molecule has 0 aromatic carbocycles. The van der Waals surface area contributed by atoms with Gasteiger partial charge in [0, 0.05) is 6.61 Å². The van der Waals surface area contributed by atoms with Gasteiger partial charge in [0.1, 0.15) is 0 Å². The van der Waals surface area contributed by atoms with Gasteiger partial charge in [-0.1, -0.05) is 26.2 Å². The Morgan fingerprint density at radius 1 is 1.21 bits per heavy atom. The van der Waals surface area contributed by atoms with E-state index in [0.717, 1.165) is 31.2 Å². The molecule has 0 aromatic rings. The van der Waals surface area contributed by atoms with Crippen molar-refractivity contribution >= 4 is 0 Å². The number of hydrogen-bond donors (Lipinski definition) is 2. The normalized spacial score (nSPS) is 27.9. The maximum atomic E-state index is 8.63. The van der Waals surface area contributed by atoms with Crippen molar-refractivity contribution in [3.05, 3.63) is 0 Å². The van der Waals surface area contributed by atoms with Gasteiger partial charge in [-0.25, -0.2) is 0 Å². The van der Waals surface area contributed by atoms with Crippen LogP contribution in [0.4, 0.5) is 0 Å². The number of rotatable bonds is 6. The van der Waals surface area contributed by atoms with Crippen LogP contribution in [0.2, 0.25) is 0 Å². The molecule has 1 rings (SSSR count). The standard InChI is InChI=1S/C12H25NO/c1-11-6-2-3-7-12(11)10-13-8-4-5-9-14/h11-14H,2-10H2,1H3. The summed E-state index contributed by atoms with van der Waals surface area (Å²) in [5, 5.41) is 12.1. The molecule has 0 aliphatic heterocycles. The first kappa shape index (κ1) is 12.0. The highest BCUT2D eigenvalue weighted by molar-refractivity contribution is 4.73. The second-order valence-corrected chi connectivity index (χ2v) is 4.66. The Morgan fingerprint density at radius 2 is 2.00 bits per heavy atom. The first-order valence-corrected chi connectivity index (χ1v) is 6.16. The third-order valence-corrected chi connectivity index (χ3v) is 3.46. The zero-order chi connectivity index (χ0) is 10.2. The SMILES string of the molecule is CC1CCCCC1CNCCCCO. The number of aliphatic hydroxyl groups excluding tert-OH is 1.